The van der Waals surface area contributed by atoms with E-state index in [1.54, 1.807) is 20.8 Å². The molecule has 2 aromatic carbocycles. The molecule has 1 heterocycles. The molecule has 0 atom stereocenters. The molecule has 0 unspecified atom stereocenters. The fourth-order valence-electron chi connectivity index (χ4n) is 3.78. The van der Waals surface area contributed by atoms with Gasteiger partial charge in [-0.25, -0.2) is 0 Å². The van der Waals surface area contributed by atoms with Gasteiger partial charge in [-0.3, -0.25) is 0 Å². The Hall–Kier alpha value is -1.87. The van der Waals surface area contributed by atoms with Gasteiger partial charge in [-0.15, -0.1) is 0 Å². The number of rotatable bonds is 2. The predicted molar refractivity (Wildman–Crippen MR) is 119 cm³/mol. The Morgan fingerprint density at radius 2 is 0.897 bits per heavy atom. The summed E-state index contributed by atoms with van der Waals surface area (Å²) < 4.78 is 5.01. The van der Waals surface area contributed by atoms with E-state index in [9.17, 15) is 0 Å². The monoisotopic (exact) mass is 441 g/mol. The average molecular weight is 442 g/mol. The van der Waals surface area contributed by atoms with Crippen LogP contribution in [0.5, 0.6) is 0 Å². The molecule has 3 aromatic rings. The van der Waals surface area contributed by atoms with E-state index in [0.29, 0.717) is 0 Å². The number of imidazole rings is 1. The van der Waals surface area contributed by atoms with Crippen LogP contribution in [-0.4, -0.2) is 19.8 Å². The number of hydrogen-bond donors (Lipinski definition) is 1. The fraction of sp³-hybridized carbons (Fsp3) is 0.400. The van der Waals surface area contributed by atoms with Crippen LogP contribution in [0.3, 0.4) is 0 Å². The topological polar surface area (TPSA) is 30.1 Å². The summed E-state index contributed by atoms with van der Waals surface area (Å²) >= 11 is 6.00. The van der Waals surface area contributed by atoms with Crippen molar-refractivity contribution in [3.8, 4) is 11.4 Å². The minimum absolute atomic E-state index is 0.500. The summed E-state index contributed by atoms with van der Waals surface area (Å²) in [5.41, 5.74) is 9.41. The zero-order valence-corrected chi connectivity index (χ0v) is 20.0. The van der Waals surface area contributed by atoms with Crippen molar-refractivity contribution < 1.29 is 20.7 Å². The summed E-state index contributed by atoms with van der Waals surface area (Å²) in [5, 5.41) is 8.52. The summed E-state index contributed by atoms with van der Waals surface area (Å²) in [7, 11) is 0. The molecule has 0 saturated heterocycles. The number of aromatic nitrogens is 2. The van der Waals surface area contributed by atoms with E-state index >= 15 is 0 Å². The molecule has 161 valence electrons. The van der Waals surface area contributed by atoms with Gasteiger partial charge in [-0.05, 0) is 20.8 Å². The Morgan fingerprint density at radius 3 is 1.14 bits per heavy atom. The first kappa shape index (κ1) is 23.4. The van der Waals surface area contributed by atoms with Crippen molar-refractivity contribution in [3.05, 3.63) is 74.4 Å². The van der Waals surface area contributed by atoms with Crippen molar-refractivity contribution in [1.82, 2.24) is 9.13 Å². The third kappa shape index (κ3) is 5.82. The summed E-state index contributed by atoms with van der Waals surface area (Å²) in [6.07, 6.45) is 4.14. The molecule has 4 heteroatoms. The maximum absolute atomic E-state index is 8.52. The first-order chi connectivity index (χ1) is 13.3. The second-order valence-corrected chi connectivity index (χ2v) is 9.36. The number of nitrogens with zero attached hydrogens (tertiary/aromatic N) is 2. The standard InChI is InChI=1S/C21H24N2.C4H10O.Cu/c1-14-9-16(3)20(17(4)10-14)22-7-8-23(13-22)21-18(5)11-15(2)12-19(21)6;1-4(2,3)5;/h7-12H,1-6H3;5H,1-3H3;. The van der Waals surface area contributed by atoms with Crippen LogP contribution in [-0.2, 0) is 15.6 Å². The first-order valence-corrected chi connectivity index (χ1v) is 10.4. The summed E-state index contributed by atoms with van der Waals surface area (Å²) in [4.78, 5) is 0. The van der Waals surface area contributed by atoms with Crippen LogP contribution in [0.15, 0.2) is 36.7 Å². The van der Waals surface area contributed by atoms with Gasteiger partial charge >= 0.3 is 152 Å². The molecule has 0 amide bonds. The van der Waals surface area contributed by atoms with Crippen LogP contribution in [0.4, 0.5) is 0 Å². The van der Waals surface area contributed by atoms with Crippen molar-refractivity contribution in [2.45, 2.75) is 67.9 Å². The molecule has 29 heavy (non-hydrogen) atoms. The molecule has 3 rings (SSSR count). The van der Waals surface area contributed by atoms with Crippen LogP contribution >= 0.6 is 0 Å². The quantitative estimate of drug-likeness (QED) is 0.487. The second kappa shape index (κ2) is 8.87. The maximum atomic E-state index is 8.52. The van der Waals surface area contributed by atoms with E-state index < -0.39 is 5.60 Å². The molecule has 0 saturated carbocycles. The Labute approximate surface area is 183 Å². The summed E-state index contributed by atoms with van der Waals surface area (Å²) in [6.45, 7) is 18.1. The van der Waals surface area contributed by atoms with E-state index in [2.05, 4.69) is 87.3 Å². The molecule has 0 aliphatic carbocycles. The Morgan fingerprint density at radius 1 is 0.655 bits per heavy atom. The van der Waals surface area contributed by atoms with Gasteiger partial charge in [0.25, 0.3) is 0 Å². The van der Waals surface area contributed by atoms with Crippen LogP contribution in [0, 0.1) is 45.9 Å². The van der Waals surface area contributed by atoms with Crippen molar-refractivity contribution in [3.63, 3.8) is 0 Å². The Bertz CT molecular complexity index is 951. The van der Waals surface area contributed by atoms with E-state index in [-0.39, 0.29) is 0 Å². The van der Waals surface area contributed by atoms with Crippen LogP contribution < -0.4 is 0 Å². The second-order valence-electron chi connectivity index (χ2n) is 8.94. The minimum atomic E-state index is -0.500. The molecule has 3 nitrogen and oxygen atoms in total. The SMILES string of the molecule is CC(C)(C)O.Cc1cc(C)c(-n2ccn(-c3c(C)cc(C)cc3C)[c]2=[Cu])c(C)c1. The molecule has 1 aromatic heterocycles. The van der Waals surface area contributed by atoms with Crippen molar-refractivity contribution in [2.24, 2.45) is 0 Å². The van der Waals surface area contributed by atoms with Gasteiger partial charge in [0.2, 0.25) is 0 Å². The molecular weight excluding hydrogens is 408 g/mol. The number of benzene rings is 2. The van der Waals surface area contributed by atoms with E-state index in [0.717, 1.165) is 4.32 Å². The van der Waals surface area contributed by atoms with Crippen LogP contribution in [0.2, 0.25) is 0 Å². The zero-order valence-electron chi connectivity index (χ0n) is 19.1. The van der Waals surface area contributed by atoms with Crippen molar-refractivity contribution >= 4 is 0 Å². The Kier molecular flexibility index (Phi) is 7.16. The van der Waals surface area contributed by atoms with E-state index in [4.69, 9.17) is 20.7 Å². The van der Waals surface area contributed by atoms with Gasteiger partial charge in [0.15, 0.2) is 0 Å². The number of aryl methyl sites for hydroxylation is 6. The zero-order chi connectivity index (χ0) is 22.1. The van der Waals surface area contributed by atoms with Crippen LogP contribution in [0.1, 0.15) is 54.2 Å². The number of aliphatic hydroxyl groups is 1. The molecule has 0 spiro atoms. The molecule has 0 aliphatic rings. The summed E-state index contributed by atoms with van der Waals surface area (Å²) in [6, 6.07) is 8.84. The van der Waals surface area contributed by atoms with Gasteiger partial charge in [-0.2, -0.15) is 0 Å². The third-order valence-electron chi connectivity index (χ3n) is 4.48. The first-order valence-electron chi connectivity index (χ1n) is 9.93. The Balaban J connectivity index is 0.000000537. The van der Waals surface area contributed by atoms with Crippen LogP contribution in [0.25, 0.3) is 11.4 Å². The van der Waals surface area contributed by atoms with Gasteiger partial charge in [0, 0.05) is 0 Å². The van der Waals surface area contributed by atoms with E-state index in [1.807, 2.05) is 0 Å². The van der Waals surface area contributed by atoms with Gasteiger partial charge in [0.05, 0.1) is 5.60 Å². The molecule has 0 fully saturated rings. The summed E-state index contributed by atoms with van der Waals surface area (Å²) in [5.74, 6) is 0. The van der Waals surface area contributed by atoms with Gasteiger partial charge < -0.3 is 5.11 Å². The molecule has 0 radical (unpaired) electrons. The van der Waals surface area contributed by atoms with Gasteiger partial charge in [0.1, 0.15) is 0 Å². The van der Waals surface area contributed by atoms with E-state index in [1.165, 1.54) is 44.8 Å². The number of hydrogen-bond acceptors (Lipinski definition) is 1. The average Bonchev–Trinajstić information content (AvgIpc) is 2.86. The van der Waals surface area contributed by atoms with Crippen molar-refractivity contribution in [1.29, 1.82) is 0 Å². The predicted octanol–water partition coefficient (Wildman–Crippen LogP) is 5.97. The molecule has 0 aliphatic heterocycles. The van der Waals surface area contributed by atoms with Crippen molar-refractivity contribution in [2.75, 3.05) is 0 Å². The molecule has 1 N–H and O–H groups in total. The molecular formula is C25H34CuN2O. The van der Waals surface area contributed by atoms with Gasteiger partial charge in [-0.1, -0.05) is 0 Å². The third-order valence-corrected chi connectivity index (χ3v) is 4.93. The molecule has 0 bridgehead atoms. The normalized spacial score (nSPS) is 11.3. The fourth-order valence-corrected chi connectivity index (χ4v) is 4.13.